The number of hydrogen-bond donors (Lipinski definition) is 1. The topological polar surface area (TPSA) is 52.0 Å². The summed E-state index contributed by atoms with van der Waals surface area (Å²) in [4.78, 5) is 4.37. The van der Waals surface area contributed by atoms with Gasteiger partial charge in [-0.25, -0.2) is 4.98 Å². The van der Waals surface area contributed by atoms with Gasteiger partial charge in [-0.15, -0.1) is 0 Å². The van der Waals surface area contributed by atoms with Crippen LogP contribution < -0.4 is 5.32 Å². The van der Waals surface area contributed by atoms with Crippen LogP contribution in [0.25, 0.3) is 0 Å². The summed E-state index contributed by atoms with van der Waals surface area (Å²) in [5, 5.41) is 7.80. The molecule has 102 valence electrons. The minimum absolute atomic E-state index is 0.000527. The molecular formula is C13H24N4O. The molecule has 1 atom stereocenters. The fourth-order valence-corrected chi connectivity index (χ4v) is 2.80. The van der Waals surface area contributed by atoms with Crippen LogP contribution in [0.4, 0.5) is 0 Å². The second-order valence-corrected chi connectivity index (χ2v) is 4.93. The first kappa shape index (κ1) is 13.5. The maximum atomic E-state index is 5.79. The Kier molecular flexibility index (Phi) is 4.35. The van der Waals surface area contributed by atoms with E-state index >= 15 is 0 Å². The normalized spacial score (nSPS) is 19.5. The lowest BCUT2D eigenvalue weighted by atomic mass is 9.73. The molecule has 5 nitrogen and oxygen atoms in total. The van der Waals surface area contributed by atoms with Gasteiger partial charge >= 0.3 is 0 Å². The highest BCUT2D eigenvalue weighted by Gasteiger charge is 2.44. The smallest absolute Gasteiger partial charge is 0.138 e. The van der Waals surface area contributed by atoms with Gasteiger partial charge in [-0.3, -0.25) is 4.68 Å². The lowest BCUT2D eigenvalue weighted by Gasteiger charge is -2.46. The zero-order valence-electron chi connectivity index (χ0n) is 11.6. The zero-order chi connectivity index (χ0) is 13.0. The van der Waals surface area contributed by atoms with E-state index in [0.717, 1.165) is 38.2 Å². The molecule has 1 aromatic heterocycles. The minimum Gasteiger partial charge on any atom is -0.377 e. The van der Waals surface area contributed by atoms with Crippen LogP contribution in [0.3, 0.4) is 0 Å². The molecule has 0 bridgehead atoms. The van der Waals surface area contributed by atoms with E-state index in [1.165, 1.54) is 6.42 Å². The number of methoxy groups -OCH3 is 1. The van der Waals surface area contributed by atoms with Crippen molar-refractivity contribution in [2.75, 3.05) is 13.7 Å². The van der Waals surface area contributed by atoms with Gasteiger partial charge in [0.05, 0.1) is 5.60 Å². The van der Waals surface area contributed by atoms with E-state index in [4.69, 9.17) is 4.74 Å². The number of likely N-dealkylation sites (N-methyl/N-ethyl adjacent to an activating group) is 1. The minimum atomic E-state index is 0.000527. The predicted octanol–water partition coefficient (Wildman–Crippen LogP) is 1.39. The van der Waals surface area contributed by atoms with Crippen molar-refractivity contribution >= 4 is 0 Å². The number of aryl methyl sites for hydroxylation is 1. The van der Waals surface area contributed by atoms with Crippen molar-refractivity contribution in [2.24, 2.45) is 0 Å². The number of nitrogens with zero attached hydrogens (tertiary/aromatic N) is 3. The van der Waals surface area contributed by atoms with E-state index in [1.807, 2.05) is 11.8 Å². The summed E-state index contributed by atoms with van der Waals surface area (Å²) in [5.41, 5.74) is 0.000527. The van der Waals surface area contributed by atoms with Gasteiger partial charge in [0, 0.05) is 26.1 Å². The van der Waals surface area contributed by atoms with Gasteiger partial charge in [-0.2, -0.15) is 5.10 Å². The highest BCUT2D eigenvalue weighted by atomic mass is 16.5. The molecule has 0 spiro atoms. The SMILES string of the molecule is CCNC(Cc1ncnn1CC)C1(OC)CCC1. The quantitative estimate of drug-likeness (QED) is 0.796. The molecule has 1 aromatic rings. The van der Waals surface area contributed by atoms with Crippen LogP contribution in [0.15, 0.2) is 6.33 Å². The third-order valence-electron chi connectivity index (χ3n) is 4.07. The van der Waals surface area contributed by atoms with Crippen LogP contribution in [0, 0.1) is 0 Å². The summed E-state index contributed by atoms with van der Waals surface area (Å²) >= 11 is 0. The number of aromatic nitrogens is 3. The molecule has 5 heteroatoms. The van der Waals surface area contributed by atoms with Crippen LogP contribution in [0.5, 0.6) is 0 Å². The van der Waals surface area contributed by atoms with Crippen molar-refractivity contribution in [2.45, 2.75) is 57.7 Å². The van der Waals surface area contributed by atoms with E-state index < -0.39 is 0 Å². The van der Waals surface area contributed by atoms with Gasteiger partial charge < -0.3 is 10.1 Å². The maximum Gasteiger partial charge on any atom is 0.138 e. The Hall–Kier alpha value is -0.940. The van der Waals surface area contributed by atoms with Crippen LogP contribution in [0.1, 0.15) is 38.9 Å². The molecular weight excluding hydrogens is 228 g/mol. The Morgan fingerprint density at radius 2 is 2.28 bits per heavy atom. The fourth-order valence-electron chi connectivity index (χ4n) is 2.80. The highest BCUT2D eigenvalue weighted by Crippen LogP contribution is 2.39. The Morgan fingerprint density at radius 1 is 1.50 bits per heavy atom. The zero-order valence-corrected chi connectivity index (χ0v) is 11.6. The van der Waals surface area contributed by atoms with Crippen molar-refractivity contribution in [3.8, 4) is 0 Å². The first-order valence-electron chi connectivity index (χ1n) is 6.91. The van der Waals surface area contributed by atoms with Gasteiger partial charge in [0.25, 0.3) is 0 Å². The summed E-state index contributed by atoms with van der Waals surface area (Å²) in [6.07, 6.45) is 6.07. The third kappa shape index (κ3) is 2.42. The van der Waals surface area contributed by atoms with Gasteiger partial charge in [0.15, 0.2) is 0 Å². The molecule has 0 saturated heterocycles. The molecule has 1 aliphatic carbocycles. The molecule has 0 radical (unpaired) electrons. The molecule has 18 heavy (non-hydrogen) atoms. The highest BCUT2D eigenvalue weighted by molar-refractivity contribution is 5.04. The largest absolute Gasteiger partial charge is 0.377 e. The van der Waals surface area contributed by atoms with Gasteiger partial charge in [0.2, 0.25) is 0 Å². The summed E-state index contributed by atoms with van der Waals surface area (Å²) in [7, 11) is 1.83. The number of hydrogen-bond acceptors (Lipinski definition) is 4. The third-order valence-corrected chi connectivity index (χ3v) is 4.07. The predicted molar refractivity (Wildman–Crippen MR) is 70.5 cm³/mol. The maximum absolute atomic E-state index is 5.79. The van der Waals surface area contributed by atoms with Crippen molar-refractivity contribution in [3.63, 3.8) is 0 Å². The summed E-state index contributed by atoms with van der Waals surface area (Å²) in [5.74, 6) is 1.05. The Balaban J connectivity index is 2.11. The fraction of sp³-hybridized carbons (Fsp3) is 0.846. The molecule has 1 fully saturated rings. The standard InChI is InChI=1S/C13H24N4O/c1-4-14-11(13(18-3)7-6-8-13)9-12-15-10-16-17(12)5-2/h10-11,14H,4-9H2,1-3H3. The van der Waals surface area contributed by atoms with Crippen molar-refractivity contribution in [1.82, 2.24) is 20.1 Å². The Morgan fingerprint density at radius 3 is 2.78 bits per heavy atom. The van der Waals surface area contributed by atoms with E-state index in [-0.39, 0.29) is 5.60 Å². The van der Waals surface area contributed by atoms with Crippen LogP contribution in [-0.2, 0) is 17.7 Å². The van der Waals surface area contributed by atoms with Crippen molar-refractivity contribution in [3.05, 3.63) is 12.2 Å². The van der Waals surface area contributed by atoms with E-state index in [0.29, 0.717) is 6.04 Å². The average Bonchev–Trinajstić information content (AvgIpc) is 2.76. The van der Waals surface area contributed by atoms with E-state index in [9.17, 15) is 0 Å². The number of ether oxygens (including phenoxy) is 1. The molecule has 1 heterocycles. The van der Waals surface area contributed by atoms with Gasteiger partial charge in [-0.05, 0) is 32.7 Å². The monoisotopic (exact) mass is 252 g/mol. The second-order valence-electron chi connectivity index (χ2n) is 4.93. The molecule has 0 amide bonds. The molecule has 1 aliphatic rings. The Labute approximate surface area is 109 Å². The molecule has 0 aromatic carbocycles. The molecule has 2 rings (SSSR count). The van der Waals surface area contributed by atoms with E-state index in [1.54, 1.807) is 6.33 Å². The van der Waals surface area contributed by atoms with Crippen LogP contribution >= 0.6 is 0 Å². The molecule has 1 N–H and O–H groups in total. The second kappa shape index (κ2) is 5.80. The summed E-state index contributed by atoms with van der Waals surface area (Å²) < 4.78 is 7.76. The average molecular weight is 252 g/mol. The molecule has 0 aliphatic heterocycles. The van der Waals surface area contributed by atoms with Crippen molar-refractivity contribution < 1.29 is 4.74 Å². The van der Waals surface area contributed by atoms with Crippen LogP contribution in [-0.4, -0.2) is 40.1 Å². The molecule has 1 saturated carbocycles. The van der Waals surface area contributed by atoms with Gasteiger partial charge in [0.1, 0.15) is 12.2 Å². The lowest BCUT2D eigenvalue weighted by Crippen LogP contribution is -2.57. The lowest BCUT2D eigenvalue weighted by molar-refractivity contribution is -0.0983. The first-order valence-corrected chi connectivity index (χ1v) is 6.91. The van der Waals surface area contributed by atoms with Crippen LogP contribution in [0.2, 0.25) is 0 Å². The summed E-state index contributed by atoms with van der Waals surface area (Å²) in [6.45, 7) is 6.06. The van der Waals surface area contributed by atoms with E-state index in [2.05, 4.69) is 29.2 Å². The number of nitrogens with one attached hydrogen (secondary N) is 1. The van der Waals surface area contributed by atoms with Gasteiger partial charge in [-0.1, -0.05) is 6.92 Å². The molecule has 1 unspecified atom stereocenters. The van der Waals surface area contributed by atoms with Crippen molar-refractivity contribution in [1.29, 1.82) is 0 Å². The Bertz CT molecular complexity index is 367. The first-order chi connectivity index (χ1) is 8.75. The number of rotatable bonds is 7. The summed E-state index contributed by atoms with van der Waals surface area (Å²) in [6, 6.07) is 0.329.